The van der Waals surface area contributed by atoms with E-state index >= 15 is 0 Å². The van der Waals surface area contributed by atoms with Crippen LogP contribution in [0.25, 0.3) is 11.1 Å². The number of H-pyrrole nitrogens is 1. The number of aromatic amines is 1. The van der Waals surface area contributed by atoms with Crippen molar-refractivity contribution < 1.29 is 4.42 Å². The van der Waals surface area contributed by atoms with Gasteiger partial charge in [0, 0.05) is 0 Å². The first-order valence-electron chi connectivity index (χ1n) is 4.54. The summed E-state index contributed by atoms with van der Waals surface area (Å²) in [6.45, 7) is 2.56. The summed E-state index contributed by atoms with van der Waals surface area (Å²) >= 11 is 0. The summed E-state index contributed by atoms with van der Waals surface area (Å²) in [4.78, 5) is 13.7. The fourth-order valence-electron chi connectivity index (χ4n) is 1.53. The minimum absolute atomic E-state index is 0.215. The fraction of sp³-hybridized carbons (Fsp3) is 0.300. The van der Waals surface area contributed by atoms with Gasteiger partial charge in [-0.2, -0.15) is 0 Å². The molecule has 1 aromatic heterocycles. The number of benzene rings is 1. The van der Waals surface area contributed by atoms with Crippen LogP contribution in [0.3, 0.4) is 0 Å². The summed E-state index contributed by atoms with van der Waals surface area (Å²) in [7, 11) is 0. The van der Waals surface area contributed by atoms with Crippen molar-refractivity contribution >= 4 is 11.1 Å². The zero-order valence-corrected chi connectivity index (χ0v) is 7.91. The SMILES string of the molecule is CC(CN)c1cccc2oc(=O)[nH]c12. The maximum Gasteiger partial charge on any atom is 0.417 e. The molecule has 0 saturated carbocycles. The highest BCUT2D eigenvalue weighted by atomic mass is 16.4. The molecule has 1 atom stereocenters. The third-order valence-electron chi connectivity index (χ3n) is 2.37. The first-order valence-corrected chi connectivity index (χ1v) is 4.54. The first kappa shape index (κ1) is 9.02. The Hall–Kier alpha value is -1.55. The lowest BCUT2D eigenvalue weighted by Crippen LogP contribution is -2.09. The number of oxazole rings is 1. The van der Waals surface area contributed by atoms with E-state index in [1.54, 1.807) is 6.07 Å². The monoisotopic (exact) mass is 192 g/mol. The molecule has 0 saturated heterocycles. The molecule has 2 aromatic rings. The summed E-state index contributed by atoms with van der Waals surface area (Å²) in [5.41, 5.74) is 7.95. The summed E-state index contributed by atoms with van der Waals surface area (Å²) in [6.07, 6.45) is 0. The molecule has 1 unspecified atom stereocenters. The Morgan fingerprint density at radius 2 is 2.36 bits per heavy atom. The number of para-hydroxylation sites is 1. The van der Waals surface area contributed by atoms with Gasteiger partial charge in [0.05, 0.1) is 5.52 Å². The second kappa shape index (κ2) is 3.31. The number of hydrogen-bond acceptors (Lipinski definition) is 3. The zero-order chi connectivity index (χ0) is 10.1. The molecular weight excluding hydrogens is 180 g/mol. The van der Waals surface area contributed by atoms with E-state index in [1.165, 1.54) is 0 Å². The van der Waals surface area contributed by atoms with Crippen LogP contribution in [0.4, 0.5) is 0 Å². The van der Waals surface area contributed by atoms with Gasteiger partial charge in [-0.25, -0.2) is 4.79 Å². The Morgan fingerprint density at radius 3 is 3.07 bits per heavy atom. The van der Waals surface area contributed by atoms with Crippen molar-refractivity contribution in [2.75, 3.05) is 6.54 Å². The van der Waals surface area contributed by atoms with E-state index in [0.29, 0.717) is 12.1 Å². The van der Waals surface area contributed by atoms with Gasteiger partial charge in [0.2, 0.25) is 0 Å². The predicted molar refractivity (Wildman–Crippen MR) is 54.3 cm³/mol. The van der Waals surface area contributed by atoms with Crippen molar-refractivity contribution in [1.29, 1.82) is 0 Å². The van der Waals surface area contributed by atoms with E-state index in [2.05, 4.69) is 4.98 Å². The number of aromatic nitrogens is 1. The molecule has 2 rings (SSSR count). The summed E-state index contributed by atoms with van der Waals surface area (Å²) in [5, 5.41) is 0. The van der Waals surface area contributed by atoms with Gasteiger partial charge in [0.15, 0.2) is 5.58 Å². The molecule has 1 heterocycles. The molecular formula is C10H12N2O2. The second-order valence-corrected chi connectivity index (χ2v) is 3.37. The van der Waals surface area contributed by atoms with Gasteiger partial charge in [-0.1, -0.05) is 19.1 Å². The molecule has 0 bridgehead atoms. The van der Waals surface area contributed by atoms with Crippen LogP contribution in [0.2, 0.25) is 0 Å². The highest BCUT2D eigenvalue weighted by Crippen LogP contribution is 2.22. The molecule has 1 aromatic carbocycles. The Bertz CT molecular complexity index is 498. The average Bonchev–Trinajstić information content (AvgIpc) is 2.56. The average molecular weight is 192 g/mol. The van der Waals surface area contributed by atoms with E-state index in [9.17, 15) is 4.79 Å². The summed E-state index contributed by atoms with van der Waals surface area (Å²) < 4.78 is 4.95. The van der Waals surface area contributed by atoms with Crippen LogP contribution in [0, 0.1) is 0 Å². The first-order chi connectivity index (χ1) is 6.72. The van der Waals surface area contributed by atoms with Gasteiger partial charge >= 0.3 is 5.76 Å². The van der Waals surface area contributed by atoms with E-state index in [4.69, 9.17) is 10.2 Å². The smallest absolute Gasteiger partial charge is 0.408 e. The number of nitrogens with one attached hydrogen (secondary N) is 1. The van der Waals surface area contributed by atoms with Gasteiger partial charge < -0.3 is 10.2 Å². The van der Waals surface area contributed by atoms with Gasteiger partial charge in [0.1, 0.15) is 0 Å². The van der Waals surface area contributed by atoms with E-state index in [1.807, 2.05) is 19.1 Å². The third kappa shape index (κ3) is 1.33. The Labute approximate surface area is 80.7 Å². The van der Waals surface area contributed by atoms with Gasteiger partial charge in [-0.3, -0.25) is 4.98 Å². The van der Waals surface area contributed by atoms with Crippen molar-refractivity contribution in [2.45, 2.75) is 12.8 Å². The maximum atomic E-state index is 11.0. The molecule has 14 heavy (non-hydrogen) atoms. The molecule has 0 spiro atoms. The Balaban J connectivity index is 2.70. The second-order valence-electron chi connectivity index (χ2n) is 3.37. The van der Waals surface area contributed by atoms with Crippen LogP contribution < -0.4 is 11.5 Å². The molecule has 0 amide bonds. The topological polar surface area (TPSA) is 72.0 Å². The minimum atomic E-state index is -0.420. The highest BCUT2D eigenvalue weighted by molar-refractivity contribution is 5.76. The minimum Gasteiger partial charge on any atom is -0.408 e. The van der Waals surface area contributed by atoms with Crippen LogP contribution in [0.1, 0.15) is 18.4 Å². The lowest BCUT2D eigenvalue weighted by atomic mass is 10.0. The Kier molecular flexibility index (Phi) is 2.13. The zero-order valence-electron chi connectivity index (χ0n) is 7.91. The predicted octanol–water partition coefficient (Wildman–Crippen LogP) is 1.18. The number of hydrogen-bond donors (Lipinski definition) is 2. The molecule has 0 radical (unpaired) electrons. The van der Waals surface area contributed by atoms with Crippen LogP contribution in [0.5, 0.6) is 0 Å². The molecule has 0 fully saturated rings. The van der Waals surface area contributed by atoms with E-state index in [0.717, 1.165) is 11.1 Å². The van der Waals surface area contributed by atoms with Crippen LogP contribution in [-0.4, -0.2) is 11.5 Å². The molecule has 3 N–H and O–H groups in total. The van der Waals surface area contributed by atoms with Crippen molar-refractivity contribution in [1.82, 2.24) is 4.98 Å². The number of rotatable bonds is 2. The van der Waals surface area contributed by atoms with Crippen LogP contribution in [0.15, 0.2) is 27.4 Å². The molecule has 74 valence electrons. The molecule has 4 nitrogen and oxygen atoms in total. The maximum absolute atomic E-state index is 11.0. The molecule has 0 aliphatic rings. The van der Waals surface area contributed by atoms with Gasteiger partial charge in [-0.15, -0.1) is 0 Å². The fourth-order valence-corrected chi connectivity index (χ4v) is 1.53. The molecule has 4 heteroatoms. The van der Waals surface area contributed by atoms with Crippen molar-refractivity contribution in [3.8, 4) is 0 Å². The van der Waals surface area contributed by atoms with E-state index < -0.39 is 5.76 Å². The number of fused-ring (bicyclic) bond motifs is 1. The number of nitrogens with two attached hydrogens (primary N) is 1. The molecule has 0 aliphatic carbocycles. The lowest BCUT2D eigenvalue weighted by Gasteiger charge is -2.08. The van der Waals surface area contributed by atoms with Gasteiger partial charge in [0.25, 0.3) is 0 Å². The van der Waals surface area contributed by atoms with Crippen molar-refractivity contribution in [2.24, 2.45) is 5.73 Å². The van der Waals surface area contributed by atoms with Crippen molar-refractivity contribution in [3.05, 3.63) is 34.3 Å². The summed E-state index contributed by atoms with van der Waals surface area (Å²) in [6, 6.07) is 5.58. The van der Waals surface area contributed by atoms with Crippen molar-refractivity contribution in [3.63, 3.8) is 0 Å². The third-order valence-corrected chi connectivity index (χ3v) is 2.37. The largest absolute Gasteiger partial charge is 0.417 e. The van der Waals surface area contributed by atoms with Crippen LogP contribution in [-0.2, 0) is 0 Å². The summed E-state index contributed by atoms with van der Waals surface area (Å²) in [5.74, 6) is -0.205. The lowest BCUT2D eigenvalue weighted by molar-refractivity contribution is 0.555. The standard InChI is InChI=1S/C10H12N2O2/c1-6(5-11)7-3-2-4-8-9(7)12-10(13)14-8/h2-4,6H,5,11H2,1H3,(H,12,13). The normalized spacial score (nSPS) is 13.3. The van der Waals surface area contributed by atoms with E-state index in [-0.39, 0.29) is 5.92 Å². The van der Waals surface area contributed by atoms with Crippen LogP contribution >= 0.6 is 0 Å². The Morgan fingerprint density at radius 1 is 1.57 bits per heavy atom. The highest BCUT2D eigenvalue weighted by Gasteiger charge is 2.10. The van der Waals surface area contributed by atoms with Gasteiger partial charge in [-0.05, 0) is 24.1 Å². The quantitative estimate of drug-likeness (QED) is 0.750. The molecule has 0 aliphatic heterocycles.